The number of hydrogen-bond donors (Lipinski definition) is 3. The molecular formula is C13H19N3O. The molecule has 17 heavy (non-hydrogen) atoms. The summed E-state index contributed by atoms with van der Waals surface area (Å²) in [7, 11) is 0. The number of H-pyrrole nitrogens is 1. The lowest BCUT2D eigenvalue weighted by molar-refractivity contribution is 0.293. The number of fused-ring (bicyclic) bond motifs is 1. The molecule has 0 atom stereocenters. The lowest BCUT2D eigenvalue weighted by atomic mass is 9.74. The van der Waals surface area contributed by atoms with E-state index in [1.54, 1.807) is 18.2 Å². The van der Waals surface area contributed by atoms with Crippen LogP contribution in [-0.4, -0.2) is 20.6 Å². The molecule has 2 aromatic rings. The molecule has 0 aliphatic rings. The zero-order valence-corrected chi connectivity index (χ0v) is 10.7. The lowest BCUT2D eigenvalue weighted by Gasteiger charge is -2.36. The van der Waals surface area contributed by atoms with Crippen molar-refractivity contribution in [3.63, 3.8) is 0 Å². The molecule has 0 unspecified atom stereocenters. The maximum Gasteiger partial charge on any atom is 0.117 e. The van der Waals surface area contributed by atoms with Gasteiger partial charge in [0.05, 0.1) is 11.0 Å². The molecule has 0 amide bonds. The molecule has 0 saturated carbocycles. The van der Waals surface area contributed by atoms with Crippen LogP contribution in [0.2, 0.25) is 0 Å². The number of aromatic hydroxyl groups is 1. The summed E-state index contributed by atoms with van der Waals surface area (Å²) >= 11 is 0. The average Bonchev–Trinajstić information content (AvgIpc) is 2.58. The van der Waals surface area contributed by atoms with Gasteiger partial charge in [0, 0.05) is 17.0 Å². The third kappa shape index (κ3) is 1.89. The van der Waals surface area contributed by atoms with E-state index >= 15 is 0 Å². The Morgan fingerprint density at radius 3 is 2.47 bits per heavy atom. The van der Waals surface area contributed by atoms with Crippen LogP contribution in [0.15, 0.2) is 18.2 Å². The highest BCUT2D eigenvalue weighted by Crippen LogP contribution is 2.32. The summed E-state index contributed by atoms with van der Waals surface area (Å²) in [5.74, 6) is 1.07. The molecule has 0 saturated heterocycles. The molecule has 2 rings (SSSR count). The van der Waals surface area contributed by atoms with Crippen molar-refractivity contribution >= 4 is 11.0 Å². The van der Waals surface area contributed by atoms with Crippen LogP contribution in [0, 0.1) is 0 Å². The Kier molecular flexibility index (Phi) is 2.43. The minimum Gasteiger partial charge on any atom is -0.508 e. The van der Waals surface area contributed by atoms with Crippen molar-refractivity contribution in [3.05, 3.63) is 24.0 Å². The summed E-state index contributed by atoms with van der Waals surface area (Å²) in [6.45, 7) is 8.09. The summed E-state index contributed by atoms with van der Waals surface area (Å²) < 4.78 is 0. The first-order valence-corrected chi connectivity index (χ1v) is 5.70. The van der Waals surface area contributed by atoms with Crippen LogP contribution in [-0.2, 0) is 5.41 Å². The third-order valence-electron chi connectivity index (χ3n) is 3.67. The molecule has 0 aliphatic carbocycles. The van der Waals surface area contributed by atoms with Crippen molar-refractivity contribution in [2.24, 2.45) is 5.73 Å². The van der Waals surface area contributed by atoms with Gasteiger partial charge in [-0.2, -0.15) is 0 Å². The Hall–Kier alpha value is -1.55. The number of imidazole rings is 1. The van der Waals surface area contributed by atoms with Crippen LogP contribution in [0.1, 0.15) is 33.5 Å². The molecule has 92 valence electrons. The Morgan fingerprint density at radius 1 is 1.24 bits per heavy atom. The Labute approximate surface area is 101 Å². The predicted molar refractivity (Wildman–Crippen MR) is 69.1 cm³/mol. The van der Waals surface area contributed by atoms with Gasteiger partial charge in [0.2, 0.25) is 0 Å². The average molecular weight is 233 g/mol. The van der Waals surface area contributed by atoms with Crippen LogP contribution in [0.25, 0.3) is 11.0 Å². The normalized spacial score (nSPS) is 13.2. The fourth-order valence-electron chi connectivity index (χ4n) is 1.60. The molecule has 0 bridgehead atoms. The highest BCUT2D eigenvalue weighted by atomic mass is 16.3. The second-order valence-electron chi connectivity index (χ2n) is 5.63. The van der Waals surface area contributed by atoms with E-state index < -0.39 is 0 Å². The number of hydrogen-bond acceptors (Lipinski definition) is 3. The van der Waals surface area contributed by atoms with E-state index in [1.807, 2.05) is 13.8 Å². The van der Waals surface area contributed by atoms with Crippen molar-refractivity contribution in [2.75, 3.05) is 0 Å². The zero-order valence-electron chi connectivity index (χ0n) is 10.7. The summed E-state index contributed by atoms with van der Waals surface area (Å²) in [6.07, 6.45) is 0. The number of aromatic amines is 1. The van der Waals surface area contributed by atoms with Gasteiger partial charge < -0.3 is 15.8 Å². The minimum atomic E-state index is -0.386. The Morgan fingerprint density at radius 2 is 1.88 bits per heavy atom. The van der Waals surface area contributed by atoms with Gasteiger partial charge in [-0.3, -0.25) is 0 Å². The lowest BCUT2D eigenvalue weighted by Crippen LogP contribution is -2.50. The first-order chi connectivity index (χ1) is 7.72. The monoisotopic (exact) mass is 233 g/mol. The van der Waals surface area contributed by atoms with E-state index in [0.29, 0.717) is 0 Å². The SMILES string of the molecule is CC(C)(N)C(C)(C)c1nc2ccc(O)cc2[nH]1. The van der Waals surface area contributed by atoms with Crippen molar-refractivity contribution in [3.8, 4) is 5.75 Å². The van der Waals surface area contributed by atoms with E-state index in [0.717, 1.165) is 16.9 Å². The van der Waals surface area contributed by atoms with Gasteiger partial charge >= 0.3 is 0 Å². The smallest absolute Gasteiger partial charge is 0.117 e. The quantitative estimate of drug-likeness (QED) is 0.745. The largest absolute Gasteiger partial charge is 0.508 e. The number of nitrogens with two attached hydrogens (primary N) is 1. The maximum absolute atomic E-state index is 9.43. The van der Waals surface area contributed by atoms with Crippen molar-refractivity contribution in [2.45, 2.75) is 38.6 Å². The number of rotatable bonds is 2. The van der Waals surface area contributed by atoms with Gasteiger partial charge in [-0.25, -0.2) is 4.98 Å². The molecule has 1 aromatic heterocycles. The number of benzene rings is 1. The van der Waals surface area contributed by atoms with Crippen molar-refractivity contribution in [1.29, 1.82) is 0 Å². The van der Waals surface area contributed by atoms with Crippen molar-refractivity contribution < 1.29 is 5.11 Å². The first-order valence-electron chi connectivity index (χ1n) is 5.70. The van der Waals surface area contributed by atoms with Gasteiger partial charge in [-0.05, 0) is 26.0 Å². The molecule has 1 aromatic carbocycles. The van der Waals surface area contributed by atoms with Gasteiger partial charge in [0.25, 0.3) is 0 Å². The molecule has 0 radical (unpaired) electrons. The molecule has 4 nitrogen and oxygen atoms in total. The summed E-state index contributed by atoms with van der Waals surface area (Å²) in [5, 5.41) is 9.43. The number of aromatic nitrogens is 2. The standard InChI is InChI=1S/C13H19N3O/c1-12(2,13(3,4)14)11-15-9-6-5-8(17)7-10(9)16-11/h5-7,17H,14H2,1-4H3,(H,15,16). The number of phenols is 1. The Bertz CT molecular complexity index is 549. The van der Waals surface area contributed by atoms with Crippen LogP contribution >= 0.6 is 0 Å². The van der Waals surface area contributed by atoms with E-state index in [9.17, 15) is 5.11 Å². The molecule has 0 spiro atoms. The number of nitrogens with zero attached hydrogens (tertiary/aromatic N) is 1. The summed E-state index contributed by atoms with van der Waals surface area (Å²) in [5.41, 5.74) is 7.20. The predicted octanol–water partition coefficient (Wildman–Crippen LogP) is 2.28. The topological polar surface area (TPSA) is 74.9 Å². The second-order valence-corrected chi connectivity index (χ2v) is 5.63. The Balaban J connectivity index is 2.57. The fraction of sp³-hybridized carbons (Fsp3) is 0.462. The van der Waals surface area contributed by atoms with Crippen LogP contribution in [0.3, 0.4) is 0 Å². The molecule has 0 fully saturated rings. The van der Waals surface area contributed by atoms with E-state index in [4.69, 9.17) is 5.73 Å². The van der Waals surface area contributed by atoms with Crippen LogP contribution in [0.4, 0.5) is 0 Å². The summed E-state index contributed by atoms with van der Waals surface area (Å²) in [4.78, 5) is 7.78. The maximum atomic E-state index is 9.43. The zero-order chi connectivity index (χ0) is 12.8. The number of phenolic OH excluding ortho intramolecular Hbond substituents is 1. The van der Waals surface area contributed by atoms with E-state index in [1.165, 1.54) is 0 Å². The van der Waals surface area contributed by atoms with Gasteiger partial charge in [0.15, 0.2) is 0 Å². The van der Waals surface area contributed by atoms with Crippen LogP contribution in [0.5, 0.6) is 5.75 Å². The third-order valence-corrected chi connectivity index (χ3v) is 3.67. The molecule has 4 N–H and O–H groups in total. The first kappa shape index (κ1) is 11.9. The van der Waals surface area contributed by atoms with E-state index in [2.05, 4.69) is 23.8 Å². The highest BCUT2D eigenvalue weighted by Gasteiger charge is 2.37. The molecular weight excluding hydrogens is 214 g/mol. The highest BCUT2D eigenvalue weighted by molar-refractivity contribution is 5.76. The van der Waals surface area contributed by atoms with Gasteiger partial charge in [-0.15, -0.1) is 0 Å². The molecule has 1 heterocycles. The summed E-state index contributed by atoms with van der Waals surface area (Å²) in [6, 6.07) is 5.10. The number of nitrogens with one attached hydrogen (secondary N) is 1. The van der Waals surface area contributed by atoms with Crippen molar-refractivity contribution in [1.82, 2.24) is 9.97 Å². The van der Waals surface area contributed by atoms with Gasteiger partial charge in [0.1, 0.15) is 11.6 Å². The van der Waals surface area contributed by atoms with Crippen LogP contribution < -0.4 is 5.73 Å². The van der Waals surface area contributed by atoms with Gasteiger partial charge in [-0.1, -0.05) is 13.8 Å². The second kappa shape index (κ2) is 3.47. The van der Waals surface area contributed by atoms with E-state index in [-0.39, 0.29) is 16.7 Å². The molecule has 0 aliphatic heterocycles. The molecule has 4 heteroatoms. The fourth-order valence-corrected chi connectivity index (χ4v) is 1.60. The minimum absolute atomic E-state index is 0.234.